The van der Waals surface area contributed by atoms with E-state index in [4.69, 9.17) is 0 Å². The summed E-state index contributed by atoms with van der Waals surface area (Å²) in [5, 5.41) is 1.90. The average molecular weight is 193 g/mol. The van der Waals surface area contributed by atoms with Crippen molar-refractivity contribution in [2.24, 2.45) is 4.99 Å². The number of isocyanates is 1. The maximum Gasteiger partial charge on any atom is 0.234 e. The summed E-state index contributed by atoms with van der Waals surface area (Å²) in [5.74, 6) is 0.284. The second-order valence-corrected chi connectivity index (χ2v) is 3.88. The first-order valence-corrected chi connectivity index (χ1v) is 4.85. The molecular formula is C9H7NO2S. The predicted octanol–water partition coefficient (Wildman–Crippen LogP) is 1.75. The first-order chi connectivity index (χ1) is 6.33. The molecule has 1 aliphatic carbocycles. The van der Waals surface area contributed by atoms with Gasteiger partial charge in [-0.25, -0.2) is 9.79 Å². The van der Waals surface area contributed by atoms with E-state index in [0.29, 0.717) is 13.0 Å². The Morgan fingerprint density at radius 2 is 2.54 bits per heavy atom. The number of hydrogen-bond acceptors (Lipinski definition) is 4. The van der Waals surface area contributed by atoms with Gasteiger partial charge in [-0.05, 0) is 17.0 Å². The van der Waals surface area contributed by atoms with Gasteiger partial charge in [0.2, 0.25) is 6.08 Å². The molecule has 1 aromatic rings. The van der Waals surface area contributed by atoms with Gasteiger partial charge in [-0.1, -0.05) is 0 Å². The second-order valence-electron chi connectivity index (χ2n) is 2.96. The van der Waals surface area contributed by atoms with Crippen LogP contribution < -0.4 is 0 Å². The molecule has 4 heteroatoms. The molecule has 0 aromatic carbocycles. The number of rotatable bonds is 2. The third-order valence-electron chi connectivity index (χ3n) is 2.20. The van der Waals surface area contributed by atoms with Gasteiger partial charge >= 0.3 is 0 Å². The van der Waals surface area contributed by atoms with Gasteiger partial charge in [0.15, 0.2) is 5.78 Å². The maximum absolute atomic E-state index is 11.4. The summed E-state index contributed by atoms with van der Waals surface area (Å²) in [6, 6.07) is 1.94. The van der Waals surface area contributed by atoms with Crippen molar-refractivity contribution in [3.05, 3.63) is 21.9 Å². The van der Waals surface area contributed by atoms with Crippen molar-refractivity contribution in [2.75, 3.05) is 6.54 Å². The number of aliphatic imine (C=N–C) groups is 1. The molecule has 0 saturated heterocycles. The number of thiophene rings is 1. The largest absolute Gasteiger partial charge is 0.293 e. The molecule has 1 unspecified atom stereocenters. The average Bonchev–Trinajstić information content (AvgIpc) is 2.67. The number of ketones is 1. The lowest BCUT2D eigenvalue weighted by molar-refractivity contribution is 0.0992. The molecule has 0 N–H and O–H groups in total. The number of hydrogen-bond donors (Lipinski definition) is 0. The van der Waals surface area contributed by atoms with Crippen LogP contribution >= 0.6 is 11.3 Å². The zero-order chi connectivity index (χ0) is 9.26. The number of Topliss-reactive ketones (excluding diaryl/α,β-unsaturated/α-hetero) is 1. The van der Waals surface area contributed by atoms with Crippen LogP contribution in [0.3, 0.4) is 0 Å². The highest BCUT2D eigenvalue weighted by Gasteiger charge is 2.29. The Morgan fingerprint density at radius 3 is 3.31 bits per heavy atom. The summed E-state index contributed by atoms with van der Waals surface area (Å²) in [7, 11) is 0. The van der Waals surface area contributed by atoms with Crippen molar-refractivity contribution in [3.63, 3.8) is 0 Å². The molecule has 1 atom stereocenters. The Morgan fingerprint density at radius 1 is 1.69 bits per heavy atom. The van der Waals surface area contributed by atoms with Crippen LogP contribution in [-0.2, 0) is 4.79 Å². The molecule has 0 spiro atoms. The quantitative estimate of drug-likeness (QED) is 0.530. The van der Waals surface area contributed by atoms with Crippen LogP contribution in [0.4, 0.5) is 0 Å². The summed E-state index contributed by atoms with van der Waals surface area (Å²) < 4.78 is 0. The third kappa shape index (κ3) is 1.34. The third-order valence-corrected chi connectivity index (χ3v) is 3.17. The van der Waals surface area contributed by atoms with Crippen LogP contribution in [0, 0.1) is 0 Å². The second kappa shape index (κ2) is 3.24. The monoisotopic (exact) mass is 193 g/mol. The van der Waals surface area contributed by atoms with E-state index in [9.17, 15) is 9.59 Å². The standard InChI is InChI=1S/C9H7NO2S/c11-5-10-4-6-3-8(12)9-7(6)1-2-13-9/h1-2,6H,3-4H2. The van der Waals surface area contributed by atoms with E-state index in [1.807, 2.05) is 11.4 Å². The highest BCUT2D eigenvalue weighted by molar-refractivity contribution is 7.12. The normalized spacial score (nSPS) is 19.7. The summed E-state index contributed by atoms with van der Waals surface area (Å²) in [6.07, 6.45) is 1.99. The van der Waals surface area contributed by atoms with Crippen molar-refractivity contribution < 1.29 is 9.59 Å². The number of carbonyl (C=O) groups excluding carboxylic acids is 2. The van der Waals surface area contributed by atoms with Crippen LogP contribution in [-0.4, -0.2) is 18.4 Å². The summed E-state index contributed by atoms with van der Waals surface area (Å²) in [5.41, 5.74) is 1.05. The van der Waals surface area contributed by atoms with E-state index in [1.165, 1.54) is 17.4 Å². The maximum atomic E-state index is 11.4. The van der Waals surface area contributed by atoms with E-state index in [1.54, 1.807) is 0 Å². The predicted molar refractivity (Wildman–Crippen MR) is 49.0 cm³/mol. The van der Waals surface area contributed by atoms with Crippen molar-refractivity contribution >= 4 is 23.2 Å². The van der Waals surface area contributed by atoms with Gasteiger partial charge < -0.3 is 0 Å². The first kappa shape index (κ1) is 8.35. The minimum atomic E-state index is 0.107. The fourth-order valence-corrected chi connectivity index (χ4v) is 2.54. The molecule has 1 aliphatic rings. The Balaban J connectivity index is 2.27. The molecular weight excluding hydrogens is 186 g/mol. The Hall–Kier alpha value is -1.25. The van der Waals surface area contributed by atoms with Gasteiger partial charge in [-0.15, -0.1) is 11.3 Å². The van der Waals surface area contributed by atoms with Gasteiger partial charge in [-0.3, -0.25) is 4.79 Å². The Labute approximate surface area is 79.1 Å². The molecule has 0 saturated carbocycles. The topological polar surface area (TPSA) is 46.5 Å². The van der Waals surface area contributed by atoms with Gasteiger partial charge in [0, 0.05) is 12.3 Å². The Bertz CT molecular complexity index is 390. The van der Waals surface area contributed by atoms with E-state index in [2.05, 4.69) is 4.99 Å². The Kier molecular flexibility index (Phi) is 2.08. The van der Waals surface area contributed by atoms with Gasteiger partial charge in [0.25, 0.3) is 0 Å². The SMILES string of the molecule is O=C=NCC1CC(=O)c2sccc21. The smallest absolute Gasteiger partial charge is 0.234 e. The van der Waals surface area contributed by atoms with Crippen molar-refractivity contribution in [2.45, 2.75) is 12.3 Å². The van der Waals surface area contributed by atoms with E-state index < -0.39 is 0 Å². The molecule has 0 aliphatic heterocycles. The van der Waals surface area contributed by atoms with Crippen molar-refractivity contribution in [1.82, 2.24) is 0 Å². The van der Waals surface area contributed by atoms with Crippen LogP contribution in [0.25, 0.3) is 0 Å². The number of carbonyl (C=O) groups is 1. The highest BCUT2D eigenvalue weighted by atomic mass is 32.1. The van der Waals surface area contributed by atoms with E-state index in [-0.39, 0.29) is 11.7 Å². The fraction of sp³-hybridized carbons (Fsp3) is 0.333. The molecule has 2 rings (SSSR count). The minimum absolute atomic E-state index is 0.107. The zero-order valence-electron chi connectivity index (χ0n) is 6.82. The highest BCUT2D eigenvalue weighted by Crippen LogP contribution is 2.36. The van der Waals surface area contributed by atoms with Crippen molar-refractivity contribution in [1.29, 1.82) is 0 Å². The van der Waals surface area contributed by atoms with Gasteiger partial charge in [0.1, 0.15) is 0 Å². The van der Waals surface area contributed by atoms with Gasteiger partial charge in [0.05, 0.1) is 11.4 Å². The van der Waals surface area contributed by atoms with Crippen molar-refractivity contribution in [3.8, 4) is 0 Å². The molecule has 66 valence electrons. The fourth-order valence-electron chi connectivity index (χ4n) is 1.60. The lowest BCUT2D eigenvalue weighted by atomic mass is 10.0. The van der Waals surface area contributed by atoms with Crippen LogP contribution in [0.5, 0.6) is 0 Å². The van der Waals surface area contributed by atoms with E-state index >= 15 is 0 Å². The van der Waals surface area contributed by atoms with Crippen LogP contribution in [0.15, 0.2) is 16.4 Å². The van der Waals surface area contributed by atoms with Crippen LogP contribution in [0.2, 0.25) is 0 Å². The molecule has 0 bridgehead atoms. The zero-order valence-corrected chi connectivity index (χ0v) is 7.63. The summed E-state index contributed by atoms with van der Waals surface area (Å²) in [4.78, 5) is 25.6. The molecule has 13 heavy (non-hydrogen) atoms. The molecule has 1 heterocycles. The lowest BCUT2D eigenvalue weighted by Gasteiger charge is -2.01. The minimum Gasteiger partial charge on any atom is -0.293 e. The molecule has 0 radical (unpaired) electrons. The summed E-state index contributed by atoms with van der Waals surface area (Å²) in [6.45, 7) is 0.388. The van der Waals surface area contributed by atoms with Gasteiger partial charge in [-0.2, -0.15) is 0 Å². The number of fused-ring (bicyclic) bond motifs is 1. The molecule has 0 fully saturated rings. The number of nitrogens with zero attached hydrogens (tertiary/aromatic N) is 1. The molecule has 1 aromatic heterocycles. The van der Waals surface area contributed by atoms with Crippen LogP contribution in [0.1, 0.15) is 27.6 Å². The summed E-state index contributed by atoms with van der Waals surface area (Å²) >= 11 is 1.47. The first-order valence-electron chi connectivity index (χ1n) is 3.97. The molecule has 3 nitrogen and oxygen atoms in total. The van der Waals surface area contributed by atoms with E-state index in [0.717, 1.165) is 10.4 Å². The lowest BCUT2D eigenvalue weighted by Crippen LogP contribution is -1.98. The molecule has 0 amide bonds.